The Morgan fingerprint density at radius 2 is 1.91 bits per heavy atom. The maximum Gasteiger partial charge on any atom is 0.272 e. The molecule has 1 N–H and O–H groups in total. The Bertz CT molecular complexity index is 1590. The van der Waals surface area contributed by atoms with Crippen molar-refractivity contribution in [2.45, 2.75) is 11.7 Å². The van der Waals surface area contributed by atoms with E-state index in [1.807, 2.05) is 36.4 Å². The number of hydrogen-bond donors (Lipinski definition) is 1. The third-order valence-electron chi connectivity index (χ3n) is 5.04. The predicted octanol–water partition coefficient (Wildman–Crippen LogP) is 5.06. The van der Waals surface area contributed by atoms with Crippen LogP contribution < -0.4 is 10.9 Å². The molecule has 34 heavy (non-hydrogen) atoms. The average molecular weight is 495 g/mol. The summed E-state index contributed by atoms with van der Waals surface area (Å²) in [5.74, 6) is -2.10. The highest BCUT2D eigenvalue weighted by atomic mass is 32.2. The smallest absolute Gasteiger partial charge is 0.272 e. The summed E-state index contributed by atoms with van der Waals surface area (Å²) in [6, 6.07) is 15.9. The van der Waals surface area contributed by atoms with E-state index in [9.17, 15) is 18.4 Å². The van der Waals surface area contributed by atoms with Crippen molar-refractivity contribution in [1.82, 2.24) is 14.5 Å². The Hall–Kier alpha value is -3.63. The monoisotopic (exact) mass is 494 g/mol. The number of anilines is 1. The van der Waals surface area contributed by atoms with Crippen LogP contribution >= 0.6 is 23.1 Å². The number of carbonyl (C=O) groups is 1. The Morgan fingerprint density at radius 1 is 1.09 bits per heavy atom. The largest absolute Gasteiger partial charge is 0.323 e. The van der Waals surface area contributed by atoms with E-state index in [1.54, 1.807) is 12.3 Å². The number of hydrogen-bond acceptors (Lipinski definition) is 6. The SMILES string of the molecule is O=C(CSc1nc2c(sc3ncccc32)c(=O)n1Cc1ccccc1)Nc1cc(F)ccc1F. The van der Waals surface area contributed by atoms with Crippen molar-refractivity contribution in [3.63, 3.8) is 0 Å². The molecular formula is C24H16F2N4O2S2. The Morgan fingerprint density at radius 3 is 2.74 bits per heavy atom. The van der Waals surface area contributed by atoms with Crippen molar-refractivity contribution >= 4 is 55.1 Å². The maximum atomic E-state index is 13.9. The summed E-state index contributed by atoms with van der Waals surface area (Å²) < 4.78 is 29.3. The first-order valence-electron chi connectivity index (χ1n) is 10.2. The van der Waals surface area contributed by atoms with Gasteiger partial charge in [-0.15, -0.1) is 11.3 Å². The van der Waals surface area contributed by atoms with Crippen molar-refractivity contribution in [1.29, 1.82) is 0 Å². The topological polar surface area (TPSA) is 76.9 Å². The van der Waals surface area contributed by atoms with Gasteiger partial charge in [-0.1, -0.05) is 42.1 Å². The summed E-state index contributed by atoms with van der Waals surface area (Å²) in [5, 5.41) is 3.48. The molecule has 10 heteroatoms. The zero-order chi connectivity index (χ0) is 23.7. The first kappa shape index (κ1) is 22.2. The highest BCUT2D eigenvalue weighted by Crippen LogP contribution is 2.30. The van der Waals surface area contributed by atoms with Crippen molar-refractivity contribution < 1.29 is 13.6 Å². The number of fused-ring (bicyclic) bond motifs is 3. The zero-order valence-electron chi connectivity index (χ0n) is 17.5. The van der Waals surface area contributed by atoms with Crippen LogP contribution in [-0.2, 0) is 11.3 Å². The maximum absolute atomic E-state index is 13.9. The molecule has 0 spiro atoms. The number of pyridine rings is 1. The number of thioether (sulfide) groups is 1. The Labute approximate surface area is 200 Å². The van der Waals surface area contributed by atoms with Crippen LogP contribution in [0.15, 0.2) is 76.8 Å². The van der Waals surface area contributed by atoms with Gasteiger partial charge in [0.1, 0.15) is 21.2 Å². The summed E-state index contributed by atoms with van der Waals surface area (Å²) in [4.78, 5) is 35.7. The fraction of sp³-hybridized carbons (Fsp3) is 0.0833. The molecule has 2 aromatic carbocycles. The van der Waals surface area contributed by atoms with Gasteiger partial charge in [-0.05, 0) is 29.8 Å². The average Bonchev–Trinajstić information content (AvgIpc) is 3.22. The number of aromatic nitrogens is 3. The van der Waals surface area contributed by atoms with Crippen LogP contribution in [0.5, 0.6) is 0 Å². The van der Waals surface area contributed by atoms with Gasteiger partial charge in [-0.25, -0.2) is 18.7 Å². The first-order chi connectivity index (χ1) is 16.5. The summed E-state index contributed by atoms with van der Waals surface area (Å²) in [6.45, 7) is 0.271. The van der Waals surface area contributed by atoms with Gasteiger partial charge in [-0.3, -0.25) is 14.2 Å². The van der Waals surface area contributed by atoms with Gasteiger partial charge in [0.25, 0.3) is 5.56 Å². The lowest BCUT2D eigenvalue weighted by Crippen LogP contribution is -2.24. The van der Waals surface area contributed by atoms with Crippen LogP contribution in [0.3, 0.4) is 0 Å². The molecule has 3 aromatic heterocycles. The molecule has 0 radical (unpaired) electrons. The van der Waals surface area contributed by atoms with E-state index in [0.717, 1.165) is 40.9 Å². The molecule has 0 unspecified atom stereocenters. The summed E-state index contributed by atoms with van der Waals surface area (Å²) in [6.07, 6.45) is 1.66. The second kappa shape index (κ2) is 9.32. The van der Waals surface area contributed by atoms with Crippen LogP contribution in [0.1, 0.15) is 5.56 Å². The van der Waals surface area contributed by atoms with Gasteiger partial charge in [0, 0.05) is 17.6 Å². The molecule has 3 heterocycles. The molecule has 0 fully saturated rings. The molecule has 170 valence electrons. The van der Waals surface area contributed by atoms with E-state index in [2.05, 4.69) is 10.3 Å². The number of nitrogens with one attached hydrogen (secondary N) is 1. The van der Waals surface area contributed by atoms with E-state index in [-0.39, 0.29) is 23.5 Å². The van der Waals surface area contributed by atoms with Crippen molar-refractivity contribution in [3.05, 3.63) is 94.4 Å². The van der Waals surface area contributed by atoms with Gasteiger partial charge >= 0.3 is 0 Å². The predicted molar refractivity (Wildman–Crippen MR) is 130 cm³/mol. The van der Waals surface area contributed by atoms with Gasteiger partial charge in [-0.2, -0.15) is 0 Å². The normalized spacial score (nSPS) is 11.2. The van der Waals surface area contributed by atoms with E-state index >= 15 is 0 Å². The lowest BCUT2D eigenvalue weighted by Gasteiger charge is -2.12. The van der Waals surface area contributed by atoms with E-state index < -0.39 is 17.5 Å². The van der Waals surface area contributed by atoms with Gasteiger partial charge < -0.3 is 5.32 Å². The Balaban J connectivity index is 1.50. The summed E-state index contributed by atoms with van der Waals surface area (Å²) >= 11 is 2.33. The number of benzene rings is 2. The number of halogens is 2. The highest BCUT2D eigenvalue weighted by Gasteiger charge is 2.18. The number of nitrogens with zero attached hydrogens (tertiary/aromatic N) is 3. The zero-order valence-corrected chi connectivity index (χ0v) is 19.1. The third kappa shape index (κ3) is 4.42. The number of thiophene rings is 1. The molecule has 5 aromatic rings. The molecule has 6 nitrogen and oxygen atoms in total. The second-order valence-electron chi connectivity index (χ2n) is 7.37. The van der Waals surface area contributed by atoms with E-state index in [4.69, 9.17) is 4.98 Å². The molecule has 1 amide bonds. The van der Waals surface area contributed by atoms with Gasteiger partial charge in [0.05, 0.1) is 23.5 Å². The molecular weight excluding hydrogens is 478 g/mol. The summed E-state index contributed by atoms with van der Waals surface area (Å²) in [5.41, 5.74) is 0.959. The highest BCUT2D eigenvalue weighted by molar-refractivity contribution is 7.99. The molecule has 0 saturated carbocycles. The lowest BCUT2D eigenvalue weighted by atomic mass is 10.2. The summed E-state index contributed by atoms with van der Waals surface area (Å²) in [7, 11) is 0. The Kier molecular flexibility index (Phi) is 6.08. The quantitative estimate of drug-likeness (QED) is 0.264. The fourth-order valence-electron chi connectivity index (χ4n) is 3.47. The minimum atomic E-state index is -0.738. The number of rotatable bonds is 6. The molecule has 0 atom stereocenters. The molecule has 0 aliphatic rings. The molecule has 5 rings (SSSR count). The molecule has 0 bridgehead atoms. The van der Waals surface area contributed by atoms with E-state index in [0.29, 0.717) is 20.2 Å². The van der Waals surface area contributed by atoms with Crippen LogP contribution in [-0.4, -0.2) is 26.2 Å². The fourth-order valence-corrected chi connectivity index (χ4v) is 5.29. The van der Waals surface area contributed by atoms with E-state index in [1.165, 1.54) is 15.9 Å². The van der Waals surface area contributed by atoms with Gasteiger partial charge in [0.15, 0.2) is 5.16 Å². The standard InChI is InChI=1S/C24H16F2N4O2S2/c25-15-8-9-17(26)18(11-15)28-19(31)13-33-24-29-20-16-7-4-10-27-22(16)34-21(20)23(32)30(24)12-14-5-2-1-3-6-14/h1-11H,12-13H2,(H,28,31). The van der Waals surface area contributed by atoms with Crippen molar-refractivity contribution in [3.8, 4) is 0 Å². The van der Waals surface area contributed by atoms with Crippen LogP contribution in [0, 0.1) is 11.6 Å². The van der Waals surface area contributed by atoms with Crippen LogP contribution in [0.25, 0.3) is 20.4 Å². The van der Waals surface area contributed by atoms with Crippen molar-refractivity contribution in [2.24, 2.45) is 0 Å². The minimum absolute atomic E-state index is 0.150. The van der Waals surface area contributed by atoms with Crippen molar-refractivity contribution in [2.75, 3.05) is 11.1 Å². The second-order valence-corrected chi connectivity index (χ2v) is 9.31. The molecule has 0 aliphatic heterocycles. The van der Waals surface area contributed by atoms with Crippen LogP contribution in [0.4, 0.5) is 14.5 Å². The van der Waals surface area contributed by atoms with Crippen LogP contribution in [0.2, 0.25) is 0 Å². The minimum Gasteiger partial charge on any atom is -0.323 e. The first-order valence-corrected chi connectivity index (χ1v) is 12.0. The lowest BCUT2D eigenvalue weighted by molar-refractivity contribution is -0.113. The number of carbonyl (C=O) groups excluding carboxylic acids is 1. The number of amides is 1. The third-order valence-corrected chi connectivity index (χ3v) is 7.10. The molecule has 0 saturated heterocycles. The van der Waals surface area contributed by atoms with Gasteiger partial charge in [0.2, 0.25) is 5.91 Å². The molecule has 0 aliphatic carbocycles.